The summed E-state index contributed by atoms with van der Waals surface area (Å²) in [6.45, 7) is 7.59. The highest BCUT2D eigenvalue weighted by Gasteiger charge is 2.22. The quantitative estimate of drug-likeness (QED) is 0.863. The molecule has 3 rings (SSSR count). The second kappa shape index (κ2) is 7.76. The smallest absolute Gasteiger partial charge is 0.319 e. The molecule has 2 heterocycles. The fraction of sp³-hybridized carbons (Fsp3) is 0.579. The molecular formula is C19H28N4O2. The maximum Gasteiger partial charge on any atom is 0.319 e. The maximum absolute atomic E-state index is 12.2. The van der Waals surface area contributed by atoms with E-state index in [-0.39, 0.29) is 18.0 Å². The number of amides is 3. The Bertz CT molecular complexity index is 640. The molecule has 1 unspecified atom stereocenters. The number of benzene rings is 1. The average molecular weight is 344 g/mol. The molecule has 1 aromatic carbocycles. The first-order valence-electron chi connectivity index (χ1n) is 9.24. The molecular weight excluding hydrogens is 316 g/mol. The second-order valence-corrected chi connectivity index (χ2v) is 7.14. The summed E-state index contributed by atoms with van der Waals surface area (Å²) in [6.07, 6.45) is 4.04. The van der Waals surface area contributed by atoms with Gasteiger partial charge in [-0.3, -0.25) is 4.79 Å². The van der Waals surface area contributed by atoms with Crippen LogP contribution in [-0.4, -0.2) is 49.1 Å². The molecule has 25 heavy (non-hydrogen) atoms. The number of nitrogens with one attached hydrogen (secondary N) is 2. The Labute approximate surface area is 149 Å². The normalized spacial score (nSPS) is 18.6. The molecule has 0 bridgehead atoms. The van der Waals surface area contributed by atoms with Crippen molar-refractivity contribution in [3.8, 4) is 0 Å². The lowest BCUT2D eigenvalue weighted by molar-refractivity contribution is -0.127. The number of likely N-dealkylation sites (tertiary alicyclic amines) is 1. The monoisotopic (exact) mass is 344 g/mol. The zero-order chi connectivity index (χ0) is 17.8. The lowest BCUT2D eigenvalue weighted by Gasteiger charge is -2.22. The van der Waals surface area contributed by atoms with Crippen molar-refractivity contribution in [3.63, 3.8) is 0 Å². The minimum absolute atomic E-state index is 0.0768. The van der Waals surface area contributed by atoms with Crippen molar-refractivity contribution in [2.75, 3.05) is 36.4 Å². The Kier molecular flexibility index (Phi) is 5.46. The molecule has 2 aliphatic rings. The van der Waals surface area contributed by atoms with Crippen LogP contribution >= 0.6 is 0 Å². The second-order valence-electron chi connectivity index (χ2n) is 7.14. The first-order chi connectivity index (χ1) is 12.0. The lowest BCUT2D eigenvalue weighted by atomic mass is 10.1. The van der Waals surface area contributed by atoms with Gasteiger partial charge in [-0.1, -0.05) is 0 Å². The van der Waals surface area contributed by atoms with E-state index in [9.17, 15) is 9.59 Å². The topological polar surface area (TPSA) is 64.7 Å². The molecule has 3 amide bonds. The van der Waals surface area contributed by atoms with Gasteiger partial charge in [0.1, 0.15) is 0 Å². The van der Waals surface area contributed by atoms with Crippen LogP contribution in [0.3, 0.4) is 0 Å². The summed E-state index contributed by atoms with van der Waals surface area (Å²) in [5.41, 5.74) is 3.22. The van der Waals surface area contributed by atoms with E-state index in [0.29, 0.717) is 13.0 Å². The highest BCUT2D eigenvalue weighted by molar-refractivity contribution is 5.90. The maximum atomic E-state index is 12.2. The summed E-state index contributed by atoms with van der Waals surface area (Å²) >= 11 is 0. The van der Waals surface area contributed by atoms with Gasteiger partial charge in [0.25, 0.3) is 0 Å². The molecule has 0 radical (unpaired) electrons. The van der Waals surface area contributed by atoms with Crippen molar-refractivity contribution in [3.05, 3.63) is 23.8 Å². The number of rotatable bonds is 5. The van der Waals surface area contributed by atoms with Gasteiger partial charge in [-0.15, -0.1) is 0 Å². The van der Waals surface area contributed by atoms with E-state index < -0.39 is 0 Å². The van der Waals surface area contributed by atoms with Crippen molar-refractivity contribution in [1.29, 1.82) is 0 Å². The van der Waals surface area contributed by atoms with Crippen molar-refractivity contribution in [2.24, 2.45) is 0 Å². The van der Waals surface area contributed by atoms with Crippen LogP contribution in [0.15, 0.2) is 18.2 Å². The molecule has 6 heteroatoms. The molecule has 0 saturated carbocycles. The molecule has 1 atom stereocenters. The molecule has 0 aliphatic carbocycles. The van der Waals surface area contributed by atoms with Gasteiger partial charge in [-0.05, 0) is 56.9 Å². The van der Waals surface area contributed by atoms with Crippen LogP contribution in [0, 0.1) is 6.92 Å². The lowest BCUT2D eigenvalue weighted by Crippen LogP contribution is -2.44. The van der Waals surface area contributed by atoms with E-state index in [1.807, 2.05) is 24.0 Å². The van der Waals surface area contributed by atoms with Crippen LogP contribution < -0.4 is 15.5 Å². The predicted molar refractivity (Wildman–Crippen MR) is 100 cm³/mol. The number of aryl methyl sites for hydroxylation is 1. The first kappa shape index (κ1) is 17.6. The number of hydrogen-bond acceptors (Lipinski definition) is 3. The zero-order valence-electron chi connectivity index (χ0n) is 15.2. The van der Waals surface area contributed by atoms with Crippen molar-refractivity contribution >= 4 is 23.3 Å². The first-order valence-corrected chi connectivity index (χ1v) is 9.24. The van der Waals surface area contributed by atoms with Crippen LogP contribution in [0.25, 0.3) is 0 Å². The van der Waals surface area contributed by atoms with E-state index >= 15 is 0 Å². The van der Waals surface area contributed by atoms with Gasteiger partial charge in [0.15, 0.2) is 0 Å². The van der Waals surface area contributed by atoms with Crippen LogP contribution in [-0.2, 0) is 4.79 Å². The van der Waals surface area contributed by atoms with E-state index in [2.05, 4.69) is 28.5 Å². The van der Waals surface area contributed by atoms with Gasteiger partial charge < -0.3 is 20.4 Å². The van der Waals surface area contributed by atoms with Crippen LogP contribution in [0.2, 0.25) is 0 Å². The number of carbonyl (C=O) groups is 2. The SMILES string of the molecule is Cc1cc(NC(=O)NC(C)CN2CCCC2=O)ccc1N1CCCC1. The average Bonchev–Trinajstić information content (AvgIpc) is 3.20. The number of carbonyl (C=O) groups excluding carboxylic acids is 2. The Morgan fingerprint density at radius 1 is 1.20 bits per heavy atom. The third kappa shape index (κ3) is 4.44. The number of nitrogens with zero attached hydrogens (tertiary/aromatic N) is 2. The fourth-order valence-corrected chi connectivity index (χ4v) is 3.71. The molecule has 0 spiro atoms. The zero-order valence-corrected chi connectivity index (χ0v) is 15.2. The molecule has 2 aliphatic heterocycles. The number of hydrogen-bond donors (Lipinski definition) is 2. The van der Waals surface area contributed by atoms with Gasteiger partial charge in [-0.25, -0.2) is 4.79 Å². The van der Waals surface area contributed by atoms with E-state index in [1.54, 1.807) is 0 Å². The van der Waals surface area contributed by atoms with Crippen LogP contribution in [0.5, 0.6) is 0 Å². The minimum Gasteiger partial charge on any atom is -0.371 e. The van der Waals surface area contributed by atoms with Gasteiger partial charge >= 0.3 is 6.03 Å². The summed E-state index contributed by atoms with van der Waals surface area (Å²) in [5, 5.41) is 5.81. The van der Waals surface area contributed by atoms with Crippen molar-refractivity contribution in [2.45, 2.75) is 45.6 Å². The minimum atomic E-state index is -0.229. The van der Waals surface area contributed by atoms with Crippen LogP contribution in [0.1, 0.15) is 38.2 Å². The Hall–Kier alpha value is -2.24. The van der Waals surface area contributed by atoms with Gasteiger partial charge in [-0.2, -0.15) is 0 Å². The Balaban J connectivity index is 1.52. The van der Waals surface area contributed by atoms with Gasteiger partial charge in [0.2, 0.25) is 5.91 Å². The highest BCUT2D eigenvalue weighted by Crippen LogP contribution is 2.26. The largest absolute Gasteiger partial charge is 0.371 e. The molecule has 2 fully saturated rings. The van der Waals surface area contributed by atoms with E-state index in [4.69, 9.17) is 0 Å². The summed E-state index contributed by atoms with van der Waals surface area (Å²) in [7, 11) is 0. The third-order valence-corrected chi connectivity index (χ3v) is 4.94. The number of urea groups is 1. The van der Waals surface area contributed by atoms with Gasteiger partial charge in [0, 0.05) is 50.0 Å². The van der Waals surface area contributed by atoms with E-state index in [1.165, 1.54) is 24.1 Å². The third-order valence-electron chi connectivity index (χ3n) is 4.94. The summed E-state index contributed by atoms with van der Waals surface area (Å²) in [5.74, 6) is 0.183. The highest BCUT2D eigenvalue weighted by atomic mass is 16.2. The summed E-state index contributed by atoms with van der Waals surface area (Å²) in [4.78, 5) is 28.1. The Morgan fingerprint density at radius 2 is 1.96 bits per heavy atom. The standard InChI is InChI=1S/C19H28N4O2/c1-14-12-16(7-8-17(14)22-9-3-4-10-22)21-19(25)20-15(2)13-23-11-5-6-18(23)24/h7-8,12,15H,3-6,9-11,13H2,1-2H3,(H2,20,21,25). The number of anilines is 2. The molecule has 1 aromatic rings. The summed E-state index contributed by atoms with van der Waals surface area (Å²) < 4.78 is 0. The molecule has 0 aromatic heterocycles. The molecule has 6 nitrogen and oxygen atoms in total. The van der Waals surface area contributed by atoms with Crippen molar-refractivity contribution < 1.29 is 9.59 Å². The fourth-order valence-electron chi connectivity index (χ4n) is 3.71. The molecule has 2 saturated heterocycles. The predicted octanol–water partition coefficient (Wildman–Crippen LogP) is 2.73. The van der Waals surface area contributed by atoms with E-state index in [0.717, 1.165) is 31.7 Å². The van der Waals surface area contributed by atoms with Crippen LogP contribution in [0.4, 0.5) is 16.2 Å². The van der Waals surface area contributed by atoms with Gasteiger partial charge in [0.05, 0.1) is 0 Å². The molecule has 136 valence electrons. The Morgan fingerprint density at radius 3 is 2.60 bits per heavy atom. The summed E-state index contributed by atoms with van der Waals surface area (Å²) in [6, 6.07) is 5.75. The van der Waals surface area contributed by atoms with Crippen molar-refractivity contribution in [1.82, 2.24) is 10.2 Å². The molecule has 2 N–H and O–H groups in total.